The van der Waals surface area contributed by atoms with Gasteiger partial charge in [0.05, 0.1) is 6.10 Å². The molecule has 1 aromatic rings. The van der Waals surface area contributed by atoms with Gasteiger partial charge < -0.3 is 15.0 Å². The van der Waals surface area contributed by atoms with E-state index >= 15 is 0 Å². The maximum Gasteiger partial charge on any atom is 0.123 e. The summed E-state index contributed by atoms with van der Waals surface area (Å²) in [6.07, 6.45) is 1.32. The highest BCUT2D eigenvalue weighted by Gasteiger charge is 2.25. The van der Waals surface area contributed by atoms with Crippen LogP contribution in [0.25, 0.3) is 0 Å². The molecule has 0 amide bonds. The molecule has 2 atom stereocenters. The maximum atomic E-state index is 13.5. The van der Waals surface area contributed by atoms with Crippen LogP contribution in [-0.4, -0.2) is 32.8 Å². The molecule has 3 nitrogen and oxygen atoms in total. The molecule has 0 bridgehead atoms. The summed E-state index contributed by atoms with van der Waals surface area (Å²) in [5.74, 6) is -0.175. The molecule has 0 radical (unpaired) electrons. The summed E-state index contributed by atoms with van der Waals surface area (Å²) in [4.78, 5) is 2.29. The summed E-state index contributed by atoms with van der Waals surface area (Å²) in [7, 11) is 1.75. The number of nitrogens with one attached hydrogen (secondary N) is 1. The summed E-state index contributed by atoms with van der Waals surface area (Å²) in [5, 5.41) is 3.35. The Balaban J connectivity index is 2.24. The van der Waals surface area contributed by atoms with Gasteiger partial charge in [-0.05, 0) is 43.7 Å². The van der Waals surface area contributed by atoms with Crippen LogP contribution in [0.15, 0.2) is 18.2 Å². The van der Waals surface area contributed by atoms with Gasteiger partial charge in [-0.2, -0.15) is 0 Å². The molecule has 106 valence electrons. The zero-order valence-corrected chi connectivity index (χ0v) is 11.9. The van der Waals surface area contributed by atoms with Crippen molar-refractivity contribution in [3.63, 3.8) is 0 Å². The van der Waals surface area contributed by atoms with E-state index in [1.54, 1.807) is 13.2 Å². The van der Waals surface area contributed by atoms with Crippen molar-refractivity contribution >= 4 is 5.69 Å². The van der Waals surface area contributed by atoms with Crippen LogP contribution < -0.4 is 10.2 Å². The first-order valence-electron chi connectivity index (χ1n) is 6.96. The molecular formula is C15H23FN2O. The molecule has 0 aromatic heterocycles. The van der Waals surface area contributed by atoms with Gasteiger partial charge in [0, 0.05) is 31.9 Å². The Bertz CT molecular complexity index is 425. The molecule has 4 heteroatoms. The summed E-state index contributed by atoms with van der Waals surface area (Å²) in [6.45, 7) is 6.86. The predicted molar refractivity (Wildman–Crippen MR) is 76.1 cm³/mol. The Morgan fingerprint density at radius 2 is 2.32 bits per heavy atom. The minimum atomic E-state index is -0.175. The van der Waals surface area contributed by atoms with E-state index in [0.717, 1.165) is 37.3 Å². The number of anilines is 1. The highest BCUT2D eigenvalue weighted by Crippen LogP contribution is 2.30. The fourth-order valence-electron chi connectivity index (χ4n) is 2.72. The second kappa shape index (κ2) is 6.35. The Morgan fingerprint density at radius 3 is 2.95 bits per heavy atom. The molecule has 0 spiro atoms. The van der Waals surface area contributed by atoms with E-state index in [1.807, 2.05) is 6.07 Å². The van der Waals surface area contributed by atoms with Gasteiger partial charge in [-0.15, -0.1) is 0 Å². The SMILES string of the molecule is CCNC(C)c1cc(F)ccc1N1CCC(OC)C1. The second-order valence-corrected chi connectivity index (χ2v) is 5.07. The molecular weight excluding hydrogens is 243 g/mol. The lowest BCUT2D eigenvalue weighted by Gasteiger charge is -2.25. The van der Waals surface area contributed by atoms with E-state index in [0.29, 0.717) is 0 Å². The topological polar surface area (TPSA) is 24.5 Å². The van der Waals surface area contributed by atoms with Crippen LogP contribution >= 0.6 is 0 Å². The van der Waals surface area contributed by atoms with Gasteiger partial charge in [-0.25, -0.2) is 4.39 Å². The number of benzene rings is 1. The third-order valence-electron chi connectivity index (χ3n) is 3.79. The Hall–Kier alpha value is -1.13. The first kappa shape index (κ1) is 14.3. The monoisotopic (exact) mass is 266 g/mol. The minimum absolute atomic E-state index is 0.150. The third kappa shape index (κ3) is 3.25. The molecule has 0 aliphatic carbocycles. The van der Waals surface area contributed by atoms with Gasteiger partial charge in [-0.3, -0.25) is 0 Å². The van der Waals surface area contributed by atoms with Crippen molar-refractivity contribution in [3.8, 4) is 0 Å². The average Bonchev–Trinajstić information content (AvgIpc) is 2.87. The quantitative estimate of drug-likeness (QED) is 0.887. The van der Waals surface area contributed by atoms with E-state index in [4.69, 9.17) is 4.74 Å². The molecule has 1 aliphatic heterocycles. The molecule has 1 N–H and O–H groups in total. The van der Waals surface area contributed by atoms with Crippen molar-refractivity contribution in [1.29, 1.82) is 0 Å². The lowest BCUT2D eigenvalue weighted by Crippen LogP contribution is -2.26. The van der Waals surface area contributed by atoms with E-state index in [-0.39, 0.29) is 18.0 Å². The number of ether oxygens (including phenoxy) is 1. The zero-order chi connectivity index (χ0) is 13.8. The van der Waals surface area contributed by atoms with Crippen molar-refractivity contribution < 1.29 is 9.13 Å². The van der Waals surface area contributed by atoms with Crippen molar-refractivity contribution in [2.75, 3.05) is 31.6 Å². The number of hydrogen-bond donors (Lipinski definition) is 1. The number of methoxy groups -OCH3 is 1. The average molecular weight is 266 g/mol. The Morgan fingerprint density at radius 1 is 1.53 bits per heavy atom. The van der Waals surface area contributed by atoms with E-state index < -0.39 is 0 Å². The molecule has 1 saturated heterocycles. The molecule has 2 unspecified atom stereocenters. The minimum Gasteiger partial charge on any atom is -0.380 e. The maximum absolute atomic E-state index is 13.5. The number of nitrogens with zero attached hydrogens (tertiary/aromatic N) is 1. The van der Waals surface area contributed by atoms with Gasteiger partial charge in [0.1, 0.15) is 5.82 Å². The predicted octanol–water partition coefficient (Wildman–Crippen LogP) is 2.72. The van der Waals surface area contributed by atoms with Crippen LogP contribution in [-0.2, 0) is 4.74 Å². The van der Waals surface area contributed by atoms with Crippen LogP contribution in [0.3, 0.4) is 0 Å². The van der Waals surface area contributed by atoms with Gasteiger partial charge in [0.2, 0.25) is 0 Å². The standard InChI is InChI=1S/C15H23FN2O/c1-4-17-11(2)14-9-12(16)5-6-15(14)18-8-7-13(10-18)19-3/h5-6,9,11,13,17H,4,7-8,10H2,1-3H3. The molecule has 1 aliphatic rings. The van der Waals surface area contributed by atoms with Crippen LogP contribution in [0.5, 0.6) is 0 Å². The second-order valence-electron chi connectivity index (χ2n) is 5.07. The van der Waals surface area contributed by atoms with Crippen LogP contribution in [0.2, 0.25) is 0 Å². The van der Waals surface area contributed by atoms with Gasteiger partial charge >= 0.3 is 0 Å². The largest absolute Gasteiger partial charge is 0.380 e. The Kier molecular flexibility index (Phi) is 4.77. The lowest BCUT2D eigenvalue weighted by molar-refractivity contribution is 0.121. The summed E-state index contributed by atoms with van der Waals surface area (Å²) < 4.78 is 18.9. The molecule has 0 saturated carbocycles. The number of rotatable bonds is 5. The summed E-state index contributed by atoms with van der Waals surface area (Å²) in [5.41, 5.74) is 2.15. The first-order valence-corrected chi connectivity index (χ1v) is 6.96. The van der Waals surface area contributed by atoms with Gasteiger partial charge in [-0.1, -0.05) is 6.92 Å². The molecule has 1 fully saturated rings. The smallest absolute Gasteiger partial charge is 0.123 e. The van der Waals surface area contributed by atoms with E-state index in [9.17, 15) is 4.39 Å². The van der Waals surface area contributed by atoms with Crippen molar-refractivity contribution in [2.24, 2.45) is 0 Å². The number of hydrogen-bond acceptors (Lipinski definition) is 3. The van der Waals surface area contributed by atoms with Crippen molar-refractivity contribution in [3.05, 3.63) is 29.6 Å². The van der Waals surface area contributed by atoms with Crippen molar-refractivity contribution in [1.82, 2.24) is 5.32 Å². The normalized spacial score (nSPS) is 20.8. The molecule has 1 aromatic carbocycles. The summed E-state index contributed by atoms with van der Waals surface area (Å²) in [6, 6.07) is 5.22. The fraction of sp³-hybridized carbons (Fsp3) is 0.600. The van der Waals surface area contributed by atoms with Gasteiger partial charge in [0.15, 0.2) is 0 Å². The van der Waals surface area contributed by atoms with Crippen LogP contribution in [0.4, 0.5) is 10.1 Å². The number of halogens is 1. The third-order valence-corrected chi connectivity index (χ3v) is 3.79. The van der Waals surface area contributed by atoms with Crippen LogP contribution in [0, 0.1) is 5.82 Å². The molecule has 2 rings (SSSR count). The molecule has 19 heavy (non-hydrogen) atoms. The lowest BCUT2D eigenvalue weighted by atomic mass is 10.0. The highest BCUT2D eigenvalue weighted by atomic mass is 19.1. The fourth-order valence-corrected chi connectivity index (χ4v) is 2.72. The molecule has 1 heterocycles. The summed E-state index contributed by atoms with van der Waals surface area (Å²) >= 11 is 0. The van der Waals surface area contributed by atoms with Gasteiger partial charge in [0.25, 0.3) is 0 Å². The van der Waals surface area contributed by atoms with E-state index in [2.05, 4.69) is 24.1 Å². The Labute approximate surface area is 114 Å². The van der Waals surface area contributed by atoms with E-state index in [1.165, 1.54) is 6.07 Å². The first-order chi connectivity index (χ1) is 9.15. The highest BCUT2D eigenvalue weighted by molar-refractivity contribution is 5.56. The van der Waals surface area contributed by atoms with Crippen molar-refractivity contribution in [2.45, 2.75) is 32.4 Å². The zero-order valence-electron chi connectivity index (χ0n) is 11.9. The van der Waals surface area contributed by atoms with Crippen LogP contribution in [0.1, 0.15) is 31.9 Å².